The van der Waals surface area contributed by atoms with Gasteiger partial charge in [-0.15, -0.1) is 0 Å². The highest BCUT2D eigenvalue weighted by Gasteiger charge is 2.32. The van der Waals surface area contributed by atoms with Crippen molar-refractivity contribution in [1.29, 1.82) is 0 Å². The molecule has 0 aromatic rings. The topological polar surface area (TPSA) is 12.0 Å². The molecule has 2 aliphatic rings. The van der Waals surface area contributed by atoms with Crippen LogP contribution in [0.3, 0.4) is 0 Å². The van der Waals surface area contributed by atoms with E-state index >= 15 is 0 Å². The summed E-state index contributed by atoms with van der Waals surface area (Å²) >= 11 is 2.15. The van der Waals surface area contributed by atoms with Crippen LogP contribution in [0.4, 0.5) is 0 Å². The van der Waals surface area contributed by atoms with Gasteiger partial charge in [0.1, 0.15) is 0 Å². The molecule has 0 bridgehead atoms. The number of fused-ring (bicyclic) bond motifs is 1. The summed E-state index contributed by atoms with van der Waals surface area (Å²) in [5, 5.41) is 4.49. The second kappa shape index (κ2) is 1.92. The predicted octanol–water partition coefficient (Wildman–Crippen LogP) is 0.854. The highest BCUT2D eigenvalue weighted by Crippen LogP contribution is 2.33. The lowest BCUT2D eigenvalue weighted by Crippen LogP contribution is -2.50. The van der Waals surface area contributed by atoms with Gasteiger partial charge < -0.3 is 5.32 Å². The zero-order valence-corrected chi connectivity index (χ0v) is 5.71. The molecule has 1 saturated heterocycles. The summed E-state index contributed by atoms with van der Waals surface area (Å²) in [5.74, 6) is 1.33. The SMILES string of the molecule is C1CS[C@@H]2CC[C@H]2N1. The molecule has 0 spiro atoms. The Balaban J connectivity index is 1.92. The van der Waals surface area contributed by atoms with Gasteiger partial charge in [0.25, 0.3) is 0 Å². The van der Waals surface area contributed by atoms with E-state index in [1.54, 1.807) is 0 Å². The van der Waals surface area contributed by atoms with Crippen molar-refractivity contribution in [1.82, 2.24) is 5.32 Å². The Bertz CT molecular complexity index is 82.5. The fraction of sp³-hybridized carbons (Fsp3) is 1.00. The van der Waals surface area contributed by atoms with Crippen LogP contribution >= 0.6 is 11.8 Å². The second-order valence-electron chi connectivity index (χ2n) is 2.55. The van der Waals surface area contributed by atoms with E-state index in [0.717, 1.165) is 11.3 Å². The molecule has 2 heteroatoms. The Morgan fingerprint density at radius 2 is 2.38 bits per heavy atom. The Kier molecular flexibility index (Phi) is 1.23. The minimum atomic E-state index is 0.897. The van der Waals surface area contributed by atoms with Crippen LogP contribution in [0.2, 0.25) is 0 Å². The lowest BCUT2D eigenvalue weighted by atomic mass is 9.92. The van der Waals surface area contributed by atoms with E-state index < -0.39 is 0 Å². The van der Waals surface area contributed by atoms with Crippen LogP contribution in [0.25, 0.3) is 0 Å². The summed E-state index contributed by atoms with van der Waals surface area (Å²) in [6.07, 6.45) is 2.89. The quantitative estimate of drug-likeness (QED) is 0.520. The summed E-state index contributed by atoms with van der Waals surface area (Å²) in [5.41, 5.74) is 0. The van der Waals surface area contributed by atoms with Crippen LogP contribution in [0.1, 0.15) is 12.8 Å². The largest absolute Gasteiger partial charge is 0.312 e. The third-order valence-corrected chi connectivity index (χ3v) is 3.48. The van der Waals surface area contributed by atoms with E-state index in [1.165, 1.54) is 25.1 Å². The molecular formula is C6H11NS. The standard InChI is InChI=1S/C6H11NS/c1-2-6-5(1)7-3-4-8-6/h5-7H,1-4H2/t5-,6-/m1/s1. The van der Waals surface area contributed by atoms with Crippen molar-refractivity contribution in [3.63, 3.8) is 0 Å². The molecule has 1 nitrogen and oxygen atoms in total. The maximum atomic E-state index is 3.50. The molecule has 0 aromatic heterocycles. The molecule has 1 N–H and O–H groups in total. The van der Waals surface area contributed by atoms with Gasteiger partial charge in [0, 0.05) is 23.6 Å². The maximum absolute atomic E-state index is 3.50. The normalized spacial score (nSPS) is 45.0. The van der Waals surface area contributed by atoms with Crippen LogP contribution in [0.5, 0.6) is 0 Å². The van der Waals surface area contributed by atoms with Crippen LogP contribution in [0, 0.1) is 0 Å². The number of nitrogens with one attached hydrogen (secondary N) is 1. The number of hydrogen-bond acceptors (Lipinski definition) is 2. The summed E-state index contributed by atoms with van der Waals surface area (Å²) in [7, 11) is 0. The fourth-order valence-corrected chi connectivity index (χ4v) is 2.66. The van der Waals surface area contributed by atoms with Crippen molar-refractivity contribution in [2.24, 2.45) is 0 Å². The Labute approximate surface area is 54.2 Å². The minimum absolute atomic E-state index is 0.897. The van der Waals surface area contributed by atoms with Gasteiger partial charge in [-0.1, -0.05) is 0 Å². The Hall–Kier alpha value is 0.310. The smallest absolute Gasteiger partial charge is 0.0202 e. The van der Waals surface area contributed by atoms with Gasteiger partial charge in [-0.25, -0.2) is 0 Å². The summed E-state index contributed by atoms with van der Waals surface area (Å²) in [6, 6.07) is 0.897. The Morgan fingerprint density at radius 1 is 1.38 bits per heavy atom. The highest BCUT2D eigenvalue weighted by molar-refractivity contribution is 8.00. The third kappa shape index (κ3) is 0.669. The lowest BCUT2D eigenvalue weighted by molar-refractivity contribution is 0.351. The van der Waals surface area contributed by atoms with E-state index in [9.17, 15) is 0 Å². The Morgan fingerprint density at radius 3 is 2.75 bits per heavy atom. The monoisotopic (exact) mass is 129 g/mol. The number of rotatable bonds is 0. The van der Waals surface area contributed by atoms with Crippen LogP contribution < -0.4 is 5.32 Å². The van der Waals surface area contributed by atoms with Crippen molar-refractivity contribution < 1.29 is 0 Å². The van der Waals surface area contributed by atoms with E-state index in [4.69, 9.17) is 0 Å². The van der Waals surface area contributed by atoms with Crippen molar-refractivity contribution in [2.45, 2.75) is 24.1 Å². The van der Waals surface area contributed by atoms with Gasteiger partial charge >= 0.3 is 0 Å². The lowest BCUT2D eigenvalue weighted by Gasteiger charge is -2.40. The first-order valence-corrected chi connectivity index (χ1v) is 4.37. The maximum Gasteiger partial charge on any atom is 0.0202 e. The zero-order chi connectivity index (χ0) is 5.40. The van der Waals surface area contributed by atoms with Gasteiger partial charge in [-0.2, -0.15) is 11.8 Å². The molecule has 2 rings (SSSR count). The van der Waals surface area contributed by atoms with E-state index in [-0.39, 0.29) is 0 Å². The van der Waals surface area contributed by atoms with Crippen molar-refractivity contribution >= 4 is 11.8 Å². The van der Waals surface area contributed by atoms with E-state index in [2.05, 4.69) is 17.1 Å². The molecule has 0 radical (unpaired) electrons. The average molecular weight is 129 g/mol. The first-order valence-electron chi connectivity index (χ1n) is 3.32. The molecule has 8 heavy (non-hydrogen) atoms. The molecule has 0 aromatic carbocycles. The zero-order valence-electron chi connectivity index (χ0n) is 4.89. The number of hydrogen-bond donors (Lipinski definition) is 1. The minimum Gasteiger partial charge on any atom is -0.312 e. The van der Waals surface area contributed by atoms with Crippen LogP contribution in [-0.4, -0.2) is 23.6 Å². The van der Waals surface area contributed by atoms with Gasteiger partial charge in [-0.05, 0) is 12.8 Å². The van der Waals surface area contributed by atoms with Crippen molar-refractivity contribution in [3.05, 3.63) is 0 Å². The third-order valence-electron chi connectivity index (χ3n) is 2.05. The summed E-state index contributed by atoms with van der Waals surface area (Å²) < 4.78 is 0. The average Bonchev–Trinajstić information content (AvgIpc) is 1.72. The molecule has 1 aliphatic heterocycles. The summed E-state index contributed by atoms with van der Waals surface area (Å²) in [6.45, 7) is 1.24. The van der Waals surface area contributed by atoms with Crippen LogP contribution in [-0.2, 0) is 0 Å². The molecule has 0 amide bonds. The molecule has 0 unspecified atom stereocenters. The molecule has 1 saturated carbocycles. The van der Waals surface area contributed by atoms with E-state index in [0.29, 0.717) is 0 Å². The van der Waals surface area contributed by atoms with Crippen molar-refractivity contribution in [3.8, 4) is 0 Å². The van der Waals surface area contributed by atoms with Gasteiger partial charge in [0.2, 0.25) is 0 Å². The molecule has 1 aliphatic carbocycles. The van der Waals surface area contributed by atoms with Gasteiger partial charge in [0.15, 0.2) is 0 Å². The fourth-order valence-electron chi connectivity index (χ4n) is 1.36. The predicted molar refractivity (Wildman–Crippen MR) is 37.3 cm³/mol. The highest BCUT2D eigenvalue weighted by atomic mass is 32.2. The first-order chi connectivity index (χ1) is 3.97. The van der Waals surface area contributed by atoms with Gasteiger partial charge in [-0.3, -0.25) is 0 Å². The molecule has 1 heterocycles. The van der Waals surface area contributed by atoms with Gasteiger partial charge in [0.05, 0.1) is 0 Å². The summed E-state index contributed by atoms with van der Waals surface area (Å²) in [4.78, 5) is 0. The van der Waals surface area contributed by atoms with Crippen molar-refractivity contribution in [2.75, 3.05) is 12.3 Å². The first kappa shape index (κ1) is 5.12. The molecular weight excluding hydrogens is 118 g/mol. The van der Waals surface area contributed by atoms with Crippen LogP contribution in [0.15, 0.2) is 0 Å². The van der Waals surface area contributed by atoms with E-state index in [1.807, 2.05) is 0 Å². The molecule has 2 fully saturated rings. The second-order valence-corrected chi connectivity index (χ2v) is 3.89. The number of thioether (sulfide) groups is 1. The molecule has 46 valence electrons. The molecule has 2 atom stereocenters.